The van der Waals surface area contributed by atoms with Gasteiger partial charge in [0.2, 0.25) is 0 Å². The summed E-state index contributed by atoms with van der Waals surface area (Å²) < 4.78 is 21.6. The van der Waals surface area contributed by atoms with Gasteiger partial charge in [-0.2, -0.15) is 0 Å². The van der Waals surface area contributed by atoms with Crippen LogP contribution in [0.25, 0.3) is 0 Å². The Hall–Kier alpha value is -0.530. The fourth-order valence-corrected chi connectivity index (χ4v) is 4.46. The molecule has 1 fully saturated rings. The van der Waals surface area contributed by atoms with Crippen molar-refractivity contribution in [3.63, 3.8) is 0 Å². The van der Waals surface area contributed by atoms with Crippen molar-refractivity contribution < 1.29 is 13.2 Å². The molecule has 9 heteroatoms. The number of carbonyl (C=O) groups is 1. The second-order valence-electron chi connectivity index (χ2n) is 5.63. The van der Waals surface area contributed by atoms with Crippen LogP contribution < -0.4 is 10.6 Å². The first kappa shape index (κ1) is 18.8. The van der Waals surface area contributed by atoms with Gasteiger partial charge in [-0.25, -0.2) is 8.42 Å². The van der Waals surface area contributed by atoms with Gasteiger partial charge in [-0.15, -0.1) is 0 Å². The van der Waals surface area contributed by atoms with Crippen LogP contribution in [0.15, 0.2) is 24.3 Å². The molecule has 0 spiro atoms. The van der Waals surface area contributed by atoms with Gasteiger partial charge >= 0.3 is 0 Å². The van der Waals surface area contributed by atoms with E-state index in [1.54, 1.807) is 0 Å². The molecule has 0 aliphatic carbocycles. The van der Waals surface area contributed by atoms with E-state index in [0.29, 0.717) is 6.54 Å². The van der Waals surface area contributed by atoms with Crippen LogP contribution in [-0.2, 0) is 21.2 Å². The Labute approximate surface area is 150 Å². The molecular formula is C14H17Cl3N2O3S. The van der Waals surface area contributed by atoms with Crippen molar-refractivity contribution in [1.82, 2.24) is 10.6 Å². The molecule has 0 unspecified atom stereocenters. The minimum atomic E-state index is -3.25. The van der Waals surface area contributed by atoms with Crippen molar-refractivity contribution in [2.45, 2.75) is 29.3 Å². The van der Waals surface area contributed by atoms with E-state index in [2.05, 4.69) is 10.6 Å². The monoisotopic (exact) mass is 398 g/mol. The van der Waals surface area contributed by atoms with Crippen LogP contribution >= 0.6 is 34.8 Å². The number of nitrogens with one attached hydrogen (secondary N) is 2. The molecule has 0 aromatic heterocycles. The Balaban J connectivity index is 2.02. The standard InChI is InChI=1S/C14H17Cl3N2O3S/c1-9-2-4-10(5-3-9)6-18-11-7-23(21,22)8-12(11)19-13(20)14(15,16)17/h2-5,11-12,18H,6-8H2,1H3,(H,19,20)/t11-,12-/m1/s1. The number of alkyl halides is 3. The van der Waals surface area contributed by atoms with Gasteiger partial charge in [0.05, 0.1) is 17.5 Å². The lowest BCUT2D eigenvalue weighted by Gasteiger charge is -2.22. The van der Waals surface area contributed by atoms with E-state index in [-0.39, 0.29) is 11.5 Å². The van der Waals surface area contributed by atoms with E-state index in [1.165, 1.54) is 0 Å². The maximum Gasteiger partial charge on any atom is 0.272 e. The molecule has 2 atom stereocenters. The molecule has 1 aliphatic heterocycles. The molecule has 1 aromatic rings. The maximum atomic E-state index is 11.8. The summed E-state index contributed by atoms with van der Waals surface area (Å²) in [5.41, 5.74) is 2.16. The fourth-order valence-electron chi connectivity index (χ4n) is 2.40. The molecule has 0 radical (unpaired) electrons. The van der Waals surface area contributed by atoms with E-state index in [4.69, 9.17) is 34.8 Å². The summed E-state index contributed by atoms with van der Waals surface area (Å²) in [6.45, 7) is 2.48. The summed E-state index contributed by atoms with van der Waals surface area (Å²) in [4.78, 5) is 11.8. The minimum absolute atomic E-state index is 0.0658. The minimum Gasteiger partial charge on any atom is -0.347 e. The largest absolute Gasteiger partial charge is 0.347 e. The normalized spacial score (nSPS) is 23.7. The number of rotatable bonds is 4. The van der Waals surface area contributed by atoms with Gasteiger partial charge in [-0.1, -0.05) is 64.6 Å². The van der Waals surface area contributed by atoms with Crippen molar-refractivity contribution >= 4 is 50.5 Å². The van der Waals surface area contributed by atoms with E-state index in [0.717, 1.165) is 11.1 Å². The summed E-state index contributed by atoms with van der Waals surface area (Å²) in [6, 6.07) is 6.81. The summed E-state index contributed by atoms with van der Waals surface area (Å²) in [5, 5.41) is 5.65. The number of aryl methyl sites for hydroxylation is 1. The Morgan fingerprint density at radius 2 is 1.74 bits per heavy atom. The Kier molecular flexibility index (Phi) is 5.85. The first-order chi connectivity index (χ1) is 10.6. The summed E-state index contributed by atoms with van der Waals surface area (Å²) in [5.74, 6) is -1.07. The molecule has 2 N–H and O–H groups in total. The SMILES string of the molecule is Cc1ccc(CN[C@@H]2CS(=O)(=O)C[C@H]2NC(=O)C(Cl)(Cl)Cl)cc1. The average molecular weight is 400 g/mol. The van der Waals surface area contributed by atoms with Gasteiger partial charge in [0.25, 0.3) is 9.70 Å². The molecule has 1 saturated heterocycles. The molecule has 1 amide bonds. The van der Waals surface area contributed by atoms with Crippen LogP contribution in [0, 0.1) is 6.92 Å². The lowest BCUT2D eigenvalue weighted by molar-refractivity contribution is -0.120. The predicted molar refractivity (Wildman–Crippen MR) is 92.7 cm³/mol. The Morgan fingerprint density at radius 3 is 2.30 bits per heavy atom. The molecular weight excluding hydrogens is 383 g/mol. The maximum absolute atomic E-state index is 11.8. The number of hydrogen-bond donors (Lipinski definition) is 2. The second-order valence-corrected chi connectivity index (χ2v) is 10.1. The van der Waals surface area contributed by atoms with Crippen molar-refractivity contribution in [2.24, 2.45) is 0 Å². The predicted octanol–water partition coefficient (Wildman–Crippen LogP) is 1.74. The lowest BCUT2D eigenvalue weighted by Crippen LogP contribution is -2.51. The van der Waals surface area contributed by atoms with Crippen LogP contribution in [0.3, 0.4) is 0 Å². The topological polar surface area (TPSA) is 75.3 Å². The lowest BCUT2D eigenvalue weighted by atomic mass is 10.1. The van der Waals surface area contributed by atoms with E-state index in [1.807, 2.05) is 31.2 Å². The summed E-state index contributed by atoms with van der Waals surface area (Å²) in [7, 11) is -3.25. The van der Waals surface area contributed by atoms with Gasteiger partial charge in [0.15, 0.2) is 9.84 Å². The van der Waals surface area contributed by atoms with Crippen molar-refractivity contribution in [3.05, 3.63) is 35.4 Å². The highest BCUT2D eigenvalue weighted by Gasteiger charge is 2.41. The quantitative estimate of drug-likeness (QED) is 0.756. The molecule has 128 valence electrons. The highest BCUT2D eigenvalue weighted by Crippen LogP contribution is 2.27. The molecule has 5 nitrogen and oxygen atoms in total. The van der Waals surface area contributed by atoms with Gasteiger partial charge in [0.1, 0.15) is 0 Å². The molecule has 0 saturated carbocycles. The first-order valence-electron chi connectivity index (χ1n) is 6.94. The van der Waals surface area contributed by atoms with Crippen LogP contribution in [0.2, 0.25) is 0 Å². The molecule has 1 heterocycles. The number of sulfone groups is 1. The van der Waals surface area contributed by atoms with E-state index >= 15 is 0 Å². The van der Waals surface area contributed by atoms with Crippen molar-refractivity contribution in [2.75, 3.05) is 11.5 Å². The van der Waals surface area contributed by atoms with Crippen LogP contribution in [0.1, 0.15) is 11.1 Å². The average Bonchev–Trinajstić information content (AvgIpc) is 2.71. The van der Waals surface area contributed by atoms with Gasteiger partial charge in [-0.05, 0) is 12.5 Å². The van der Waals surface area contributed by atoms with Crippen LogP contribution in [0.5, 0.6) is 0 Å². The molecule has 0 bridgehead atoms. The Morgan fingerprint density at radius 1 is 1.17 bits per heavy atom. The van der Waals surface area contributed by atoms with Gasteiger partial charge in [-0.3, -0.25) is 4.79 Å². The fraction of sp³-hybridized carbons (Fsp3) is 0.500. The summed E-state index contributed by atoms with van der Waals surface area (Å²) in [6.07, 6.45) is 0. The number of benzene rings is 1. The van der Waals surface area contributed by atoms with Gasteiger partial charge < -0.3 is 10.6 Å². The van der Waals surface area contributed by atoms with Crippen LogP contribution in [0.4, 0.5) is 0 Å². The third-order valence-corrected chi connectivity index (χ3v) is 5.86. The number of halogens is 3. The van der Waals surface area contributed by atoms with E-state index < -0.39 is 31.6 Å². The molecule has 2 rings (SSSR count). The third-order valence-electron chi connectivity index (χ3n) is 3.62. The molecule has 1 aromatic carbocycles. The van der Waals surface area contributed by atoms with E-state index in [9.17, 15) is 13.2 Å². The second kappa shape index (κ2) is 7.15. The van der Waals surface area contributed by atoms with Crippen molar-refractivity contribution in [3.8, 4) is 0 Å². The number of carbonyl (C=O) groups excluding carboxylic acids is 1. The van der Waals surface area contributed by atoms with Gasteiger partial charge in [0, 0.05) is 12.6 Å². The molecule has 23 heavy (non-hydrogen) atoms. The third kappa shape index (κ3) is 5.50. The van der Waals surface area contributed by atoms with Crippen molar-refractivity contribution in [1.29, 1.82) is 0 Å². The Bertz CT molecular complexity index is 672. The highest BCUT2D eigenvalue weighted by molar-refractivity contribution is 7.91. The number of hydrogen-bond acceptors (Lipinski definition) is 4. The highest BCUT2D eigenvalue weighted by atomic mass is 35.6. The zero-order chi connectivity index (χ0) is 17.3. The first-order valence-corrected chi connectivity index (χ1v) is 9.89. The zero-order valence-corrected chi connectivity index (χ0v) is 15.4. The molecule has 1 aliphatic rings. The number of amides is 1. The summed E-state index contributed by atoms with van der Waals surface area (Å²) >= 11 is 16.6. The zero-order valence-electron chi connectivity index (χ0n) is 12.4. The smallest absolute Gasteiger partial charge is 0.272 e. The van der Waals surface area contributed by atoms with Crippen LogP contribution in [-0.4, -0.2) is 41.7 Å².